The van der Waals surface area contributed by atoms with Crippen LogP contribution in [0.1, 0.15) is 84.9 Å². The van der Waals surface area contributed by atoms with E-state index in [-0.39, 0.29) is 29.7 Å². The van der Waals surface area contributed by atoms with E-state index in [1.165, 1.54) is 0 Å². The van der Waals surface area contributed by atoms with Crippen molar-refractivity contribution >= 4 is 39.4 Å². The van der Waals surface area contributed by atoms with Gasteiger partial charge in [-0.25, -0.2) is 0 Å². The number of hydrogen-bond acceptors (Lipinski definition) is 7. The van der Waals surface area contributed by atoms with E-state index in [0.29, 0.717) is 18.7 Å². The van der Waals surface area contributed by atoms with Gasteiger partial charge < -0.3 is 5.32 Å². The van der Waals surface area contributed by atoms with Crippen LogP contribution >= 0.6 is 0 Å². The molecule has 4 amide bonds. The van der Waals surface area contributed by atoms with E-state index in [1.807, 2.05) is 0 Å². The van der Waals surface area contributed by atoms with Crippen molar-refractivity contribution in [1.29, 1.82) is 0 Å². The first kappa shape index (κ1) is 25.8. The molecule has 186 valence electrons. The molecule has 0 bridgehead atoms. The zero-order valence-electron chi connectivity index (χ0n) is 19.0. The van der Waals surface area contributed by atoms with E-state index in [0.717, 1.165) is 49.8 Å². The molecule has 2 aliphatic heterocycles. The van der Waals surface area contributed by atoms with Gasteiger partial charge in [0.1, 0.15) is 6.04 Å². The molecular weight excluding hydrogens is 462 g/mol. The van der Waals surface area contributed by atoms with Crippen LogP contribution < -0.4 is 10.6 Å². The Morgan fingerprint density at radius 1 is 0.941 bits per heavy atom. The summed E-state index contributed by atoms with van der Waals surface area (Å²) >= 11 is 0. The maximum absolute atomic E-state index is 13.0. The lowest BCUT2D eigenvalue weighted by Gasteiger charge is -2.27. The average Bonchev–Trinajstić information content (AvgIpc) is 3.02. The Balaban J connectivity index is 1.42. The molecule has 10 nitrogen and oxygen atoms in total. The van der Waals surface area contributed by atoms with Crippen LogP contribution in [0.25, 0.3) is 0 Å². The van der Waals surface area contributed by atoms with Gasteiger partial charge in [0.15, 0.2) is 0 Å². The summed E-state index contributed by atoms with van der Waals surface area (Å²) in [7, 11) is -3.86. The number of rotatable bonds is 13. The molecule has 0 spiro atoms. The number of fused-ring (bicyclic) bond motifs is 1. The molecule has 0 aromatic heterocycles. The van der Waals surface area contributed by atoms with E-state index in [4.69, 9.17) is 4.55 Å². The summed E-state index contributed by atoms with van der Waals surface area (Å²) in [6.07, 6.45) is 7.36. The molecular formula is C23H31N3O7S. The molecule has 2 heterocycles. The highest BCUT2D eigenvalue weighted by Gasteiger charge is 2.45. The number of carbonyl (C=O) groups excluding carboxylic acids is 4. The Labute approximate surface area is 199 Å². The topological polar surface area (TPSA) is 150 Å². The minimum Gasteiger partial charge on any atom is -0.384 e. The Kier molecular flexibility index (Phi) is 8.78. The SMILES string of the molecule is O=C1CCC(N2C(=O)c3cccc(NCCCCCCCCCCS(=O)(=O)O)c3C2=O)C(=O)N1. The van der Waals surface area contributed by atoms with Gasteiger partial charge in [-0.2, -0.15) is 8.42 Å². The maximum atomic E-state index is 13.0. The van der Waals surface area contributed by atoms with E-state index in [1.54, 1.807) is 18.2 Å². The second kappa shape index (κ2) is 11.6. The summed E-state index contributed by atoms with van der Waals surface area (Å²) in [5, 5.41) is 5.43. The van der Waals surface area contributed by atoms with Crippen LogP contribution in [0.2, 0.25) is 0 Å². The van der Waals surface area contributed by atoms with Crippen LogP contribution in [0.4, 0.5) is 5.69 Å². The third-order valence-corrected chi connectivity index (χ3v) is 6.92. The fourth-order valence-corrected chi connectivity index (χ4v) is 4.92. The Bertz CT molecular complexity index is 1050. The number of benzene rings is 1. The number of nitrogens with one attached hydrogen (secondary N) is 2. The normalized spacial score (nSPS) is 18.3. The molecule has 11 heteroatoms. The number of carbonyl (C=O) groups is 4. The molecule has 1 fully saturated rings. The predicted octanol–water partition coefficient (Wildman–Crippen LogP) is 2.51. The monoisotopic (exact) mass is 493 g/mol. The molecule has 1 atom stereocenters. The number of unbranched alkanes of at least 4 members (excludes halogenated alkanes) is 7. The summed E-state index contributed by atoms with van der Waals surface area (Å²) < 4.78 is 30.0. The number of imide groups is 2. The molecule has 2 aliphatic rings. The second-order valence-electron chi connectivity index (χ2n) is 8.72. The summed E-state index contributed by atoms with van der Waals surface area (Å²) in [6.45, 7) is 0.630. The number of piperidine rings is 1. The molecule has 0 radical (unpaired) electrons. The third kappa shape index (κ3) is 6.63. The fourth-order valence-electron chi connectivity index (χ4n) is 4.36. The van der Waals surface area contributed by atoms with Gasteiger partial charge in [0.05, 0.1) is 16.9 Å². The zero-order chi connectivity index (χ0) is 24.7. The largest absolute Gasteiger partial charge is 0.384 e. The van der Waals surface area contributed by atoms with Gasteiger partial charge in [-0.1, -0.05) is 44.6 Å². The van der Waals surface area contributed by atoms with Crippen molar-refractivity contribution in [2.24, 2.45) is 0 Å². The second-order valence-corrected chi connectivity index (χ2v) is 10.3. The highest BCUT2D eigenvalue weighted by atomic mass is 32.2. The summed E-state index contributed by atoms with van der Waals surface area (Å²) in [4.78, 5) is 50.5. The predicted molar refractivity (Wildman–Crippen MR) is 125 cm³/mol. The van der Waals surface area contributed by atoms with Crippen LogP contribution in [-0.4, -0.2) is 59.8 Å². The standard InChI is InChI=1S/C23H31N3O7S/c27-19-13-12-18(21(28)25-19)26-22(29)16-10-9-11-17(20(16)23(26)30)24-14-7-5-3-1-2-4-6-8-15-34(31,32)33/h9-11,18,24H,1-8,12-15H2,(H,25,27,28)(H,31,32,33). The fraction of sp³-hybridized carbons (Fsp3) is 0.565. The summed E-state index contributed by atoms with van der Waals surface area (Å²) in [5.74, 6) is -2.25. The van der Waals surface area contributed by atoms with Gasteiger partial charge >= 0.3 is 0 Å². The smallest absolute Gasteiger partial charge is 0.264 e. The Hall–Kier alpha value is -2.79. The van der Waals surface area contributed by atoms with Gasteiger partial charge in [-0.05, 0) is 31.4 Å². The highest BCUT2D eigenvalue weighted by molar-refractivity contribution is 7.85. The van der Waals surface area contributed by atoms with Crippen LogP contribution in [0, 0.1) is 0 Å². The number of anilines is 1. The molecule has 0 saturated carbocycles. The van der Waals surface area contributed by atoms with Crippen LogP contribution in [-0.2, 0) is 19.7 Å². The van der Waals surface area contributed by atoms with Crippen molar-refractivity contribution in [3.8, 4) is 0 Å². The van der Waals surface area contributed by atoms with E-state index in [9.17, 15) is 27.6 Å². The van der Waals surface area contributed by atoms with Crippen molar-refractivity contribution in [3.05, 3.63) is 29.3 Å². The Morgan fingerprint density at radius 2 is 1.59 bits per heavy atom. The minimum absolute atomic E-state index is 0.0828. The van der Waals surface area contributed by atoms with Crippen LogP contribution in [0.15, 0.2) is 18.2 Å². The molecule has 1 aromatic rings. The van der Waals surface area contributed by atoms with Gasteiger partial charge in [0.25, 0.3) is 21.9 Å². The maximum Gasteiger partial charge on any atom is 0.264 e. The number of nitrogens with zero attached hydrogens (tertiary/aromatic N) is 1. The number of amides is 4. The van der Waals surface area contributed by atoms with Gasteiger partial charge in [-0.15, -0.1) is 0 Å². The van der Waals surface area contributed by atoms with Crippen molar-refractivity contribution in [2.75, 3.05) is 17.6 Å². The molecule has 34 heavy (non-hydrogen) atoms. The van der Waals surface area contributed by atoms with Gasteiger partial charge in [-0.3, -0.25) is 33.9 Å². The zero-order valence-corrected chi connectivity index (χ0v) is 19.9. The van der Waals surface area contributed by atoms with Gasteiger partial charge in [0, 0.05) is 18.7 Å². The van der Waals surface area contributed by atoms with E-state index < -0.39 is 39.8 Å². The molecule has 3 rings (SSSR count). The third-order valence-electron chi connectivity index (χ3n) is 6.11. The molecule has 1 aromatic carbocycles. The van der Waals surface area contributed by atoms with Gasteiger partial charge in [0.2, 0.25) is 11.8 Å². The van der Waals surface area contributed by atoms with E-state index >= 15 is 0 Å². The highest BCUT2D eigenvalue weighted by Crippen LogP contribution is 2.32. The van der Waals surface area contributed by atoms with Crippen molar-refractivity contribution < 1.29 is 32.1 Å². The first-order valence-corrected chi connectivity index (χ1v) is 13.3. The molecule has 1 unspecified atom stereocenters. The lowest BCUT2D eigenvalue weighted by Crippen LogP contribution is -2.54. The van der Waals surface area contributed by atoms with Crippen LogP contribution in [0.3, 0.4) is 0 Å². The Morgan fingerprint density at radius 3 is 2.24 bits per heavy atom. The van der Waals surface area contributed by atoms with E-state index in [2.05, 4.69) is 10.6 Å². The van der Waals surface area contributed by atoms with Crippen molar-refractivity contribution in [2.45, 2.75) is 70.3 Å². The minimum atomic E-state index is -3.86. The average molecular weight is 494 g/mol. The lowest BCUT2D eigenvalue weighted by molar-refractivity contribution is -0.136. The lowest BCUT2D eigenvalue weighted by atomic mass is 10.0. The molecule has 1 saturated heterocycles. The van der Waals surface area contributed by atoms with Crippen molar-refractivity contribution in [3.63, 3.8) is 0 Å². The summed E-state index contributed by atoms with van der Waals surface area (Å²) in [5.41, 5.74) is 1.08. The molecule has 0 aliphatic carbocycles. The van der Waals surface area contributed by atoms with Crippen molar-refractivity contribution in [1.82, 2.24) is 10.2 Å². The summed E-state index contributed by atoms with van der Waals surface area (Å²) in [6, 6.07) is 4.03. The first-order valence-electron chi connectivity index (χ1n) is 11.7. The molecule has 3 N–H and O–H groups in total. The first-order chi connectivity index (χ1) is 16.2. The number of hydrogen-bond donors (Lipinski definition) is 3. The van der Waals surface area contributed by atoms with Crippen LogP contribution in [0.5, 0.6) is 0 Å². The quantitative estimate of drug-likeness (QED) is 0.215.